The Morgan fingerprint density at radius 3 is 2.56 bits per heavy atom. The van der Waals surface area contributed by atoms with E-state index in [0.29, 0.717) is 6.54 Å². The minimum atomic E-state index is -0.0927. The van der Waals surface area contributed by atoms with Gasteiger partial charge in [0, 0.05) is 30.1 Å². The van der Waals surface area contributed by atoms with Crippen LogP contribution in [-0.2, 0) is 4.74 Å². The fourth-order valence-corrected chi connectivity index (χ4v) is 4.27. The van der Waals surface area contributed by atoms with Crippen molar-refractivity contribution in [1.82, 2.24) is 10.2 Å². The molecule has 1 aliphatic rings. The molecule has 1 saturated heterocycles. The quantitative estimate of drug-likeness (QED) is 0.822. The van der Waals surface area contributed by atoms with Crippen LogP contribution in [-0.4, -0.2) is 56.3 Å². The fraction of sp³-hybridized carbons (Fsp3) is 0.476. The average molecular weight is 389 g/mol. The van der Waals surface area contributed by atoms with Gasteiger partial charge in [0.05, 0.1) is 25.2 Å². The van der Waals surface area contributed by atoms with E-state index >= 15 is 0 Å². The third-order valence-corrected chi connectivity index (χ3v) is 6.14. The number of nitrogens with one attached hydrogen (secondary N) is 1. The minimum absolute atomic E-state index is 0.0100. The summed E-state index contributed by atoms with van der Waals surface area (Å²) in [5.41, 5.74) is 2.10. The first-order valence-electron chi connectivity index (χ1n) is 9.26. The Hall–Kier alpha value is -1.89. The molecule has 1 fully saturated rings. The molecule has 0 atom stereocenters. The lowest BCUT2D eigenvalue weighted by molar-refractivity contribution is -0.00922. The van der Waals surface area contributed by atoms with Crippen LogP contribution in [0.4, 0.5) is 0 Å². The van der Waals surface area contributed by atoms with Crippen LogP contribution in [0, 0.1) is 6.92 Å². The topological polar surface area (TPSA) is 50.8 Å². The molecule has 0 spiro atoms. The lowest BCUT2D eigenvalue weighted by Crippen LogP contribution is -2.55. The maximum atomic E-state index is 12.7. The molecular weight excluding hydrogens is 360 g/mol. The van der Waals surface area contributed by atoms with Gasteiger partial charge in [-0.1, -0.05) is 12.1 Å². The Morgan fingerprint density at radius 1 is 1.26 bits per heavy atom. The number of rotatable bonds is 6. The van der Waals surface area contributed by atoms with Gasteiger partial charge in [0.2, 0.25) is 0 Å². The third-order valence-electron chi connectivity index (χ3n) is 5.09. The molecule has 5 nitrogen and oxygen atoms in total. The van der Waals surface area contributed by atoms with Gasteiger partial charge < -0.3 is 14.8 Å². The molecule has 0 unspecified atom stereocenters. The van der Waals surface area contributed by atoms with Crippen molar-refractivity contribution in [2.75, 3.05) is 40.0 Å². The maximum absolute atomic E-state index is 12.7. The average Bonchev–Trinajstić information content (AvgIpc) is 3.08. The smallest absolute Gasteiger partial charge is 0.261 e. The number of amides is 1. The predicted molar refractivity (Wildman–Crippen MR) is 110 cm³/mol. The van der Waals surface area contributed by atoms with Crippen LogP contribution in [0.5, 0.6) is 5.75 Å². The molecule has 2 heterocycles. The number of morpholine rings is 1. The molecule has 1 aliphatic heterocycles. The Labute approximate surface area is 165 Å². The van der Waals surface area contributed by atoms with Crippen LogP contribution in [0.15, 0.2) is 30.3 Å². The number of ether oxygens (including phenoxy) is 2. The molecule has 2 aromatic rings. The Bertz CT molecular complexity index is 777. The Morgan fingerprint density at radius 2 is 1.93 bits per heavy atom. The summed E-state index contributed by atoms with van der Waals surface area (Å²) in [6, 6.07) is 9.92. The number of hydrogen-bond donors (Lipinski definition) is 1. The molecule has 1 aromatic carbocycles. The molecule has 0 aliphatic carbocycles. The van der Waals surface area contributed by atoms with Crippen LogP contribution in [0.25, 0.3) is 11.1 Å². The van der Waals surface area contributed by atoms with Gasteiger partial charge in [0.15, 0.2) is 0 Å². The van der Waals surface area contributed by atoms with Crippen molar-refractivity contribution < 1.29 is 14.3 Å². The number of carbonyl (C=O) groups is 1. The standard InChI is InChI=1S/C21H28N2O3S/c1-15-18(16-5-7-17(25-4)8-6-16)13-19(27-15)20(24)22-14-21(2,3)23-9-11-26-12-10-23/h5-8,13H,9-12,14H2,1-4H3,(H,22,24). The number of hydrogen-bond acceptors (Lipinski definition) is 5. The Kier molecular flexibility index (Phi) is 6.19. The second-order valence-electron chi connectivity index (χ2n) is 7.40. The number of carbonyl (C=O) groups excluding carboxylic acids is 1. The summed E-state index contributed by atoms with van der Waals surface area (Å²) in [6.07, 6.45) is 0. The van der Waals surface area contributed by atoms with Gasteiger partial charge in [0.1, 0.15) is 5.75 Å². The van der Waals surface area contributed by atoms with E-state index in [4.69, 9.17) is 9.47 Å². The van der Waals surface area contributed by atoms with Gasteiger partial charge in [0.25, 0.3) is 5.91 Å². The number of aryl methyl sites for hydroxylation is 1. The van der Waals surface area contributed by atoms with Crippen molar-refractivity contribution in [2.24, 2.45) is 0 Å². The van der Waals surface area contributed by atoms with Gasteiger partial charge >= 0.3 is 0 Å². The largest absolute Gasteiger partial charge is 0.497 e. The number of benzene rings is 1. The van der Waals surface area contributed by atoms with Gasteiger partial charge in [-0.2, -0.15) is 0 Å². The highest BCUT2D eigenvalue weighted by molar-refractivity contribution is 7.14. The van der Waals surface area contributed by atoms with Crippen molar-refractivity contribution in [2.45, 2.75) is 26.3 Å². The molecule has 1 N–H and O–H groups in total. The van der Waals surface area contributed by atoms with Crippen LogP contribution >= 0.6 is 11.3 Å². The van der Waals surface area contributed by atoms with Gasteiger partial charge in [-0.15, -0.1) is 11.3 Å². The van der Waals surface area contributed by atoms with Gasteiger partial charge in [-0.3, -0.25) is 9.69 Å². The molecule has 3 rings (SSSR count). The molecule has 27 heavy (non-hydrogen) atoms. The normalized spacial score (nSPS) is 15.6. The fourth-order valence-electron chi connectivity index (χ4n) is 3.32. The van der Waals surface area contributed by atoms with Crippen molar-refractivity contribution >= 4 is 17.2 Å². The van der Waals surface area contributed by atoms with E-state index in [0.717, 1.165) is 52.9 Å². The summed E-state index contributed by atoms with van der Waals surface area (Å²) >= 11 is 1.54. The van der Waals surface area contributed by atoms with E-state index in [9.17, 15) is 4.79 Å². The molecule has 6 heteroatoms. The van der Waals surface area contributed by atoms with E-state index in [1.165, 1.54) is 11.3 Å². The van der Waals surface area contributed by atoms with E-state index < -0.39 is 0 Å². The lowest BCUT2D eigenvalue weighted by atomic mass is 10.0. The first-order chi connectivity index (χ1) is 12.9. The molecular formula is C21H28N2O3S. The van der Waals surface area contributed by atoms with E-state index in [2.05, 4.69) is 31.0 Å². The summed E-state index contributed by atoms with van der Waals surface area (Å²) in [5, 5.41) is 3.12. The summed E-state index contributed by atoms with van der Waals surface area (Å²) in [4.78, 5) is 17.0. The van der Waals surface area contributed by atoms with Crippen molar-refractivity contribution in [1.29, 1.82) is 0 Å². The number of thiophene rings is 1. The number of methoxy groups -OCH3 is 1. The van der Waals surface area contributed by atoms with E-state index in [-0.39, 0.29) is 11.4 Å². The second-order valence-corrected chi connectivity index (χ2v) is 8.66. The van der Waals surface area contributed by atoms with Crippen LogP contribution in [0.2, 0.25) is 0 Å². The second kappa shape index (κ2) is 8.42. The lowest BCUT2D eigenvalue weighted by Gasteiger charge is -2.40. The number of nitrogens with zero attached hydrogens (tertiary/aromatic N) is 1. The zero-order valence-corrected chi connectivity index (χ0v) is 17.3. The summed E-state index contributed by atoms with van der Waals surface area (Å²) < 4.78 is 10.6. The first-order valence-corrected chi connectivity index (χ1v) is 10.1. The zero-order chi connectivity index (χ0) is 19.4. The summed E-state index contributed by atoms with van der Waals surface area (Å²) in [6.45, 7) is 10.3. The molecule has 1 aromatic heterocycles. The molecule has 1 amide bonds. The summed E-state index contributed by atoms with van der Waals surface area (Å²) in [5.74, 6) is 0.819. The zero-order valence-electron chi connectivity index (χ0n) is 16.5. The molecule has 0 bridgehead atoms. The third kappa shape index (κ3) is 4.69. The van der Waals surface area contributed by atoms with Crippen molar-refractivity contribution in [3.05, 3.63) is 40.1 Å². The minimum Gasteiger partial charge on any atom is -0.497 e. The molecule has 0 radical (unpaired) electrons. The predicted octanol–water partition coefficient (Wildman–Crippen LogP) is 3.57. The molecule has 146 valence electrons. The van der Waals surface area contributed by atoms with Gasteiger partial charge in [-0.05, 0) is 50.1 Å². The maximum Gasteiger partial charge on any atom is 0.261 e. The van der Waals surface area contributed by atoms with E-state index in [1.807, 2.05) is 30.3 Å². The first kappa shape index (κ1) is 19.9. The SMILES string of the molecule is COc1ccc(-c2cc(C(=O)NCC(C)(C)N3CCOCC3)sc2C)cc1. The highest BCUT2D eigenvalue weighted by Crippen LogP contribution is 2.32. The van der Waals surface area contributed by atoms with Crippen molar-refractivity contribution in [3.63, 3.8) is 0 Å². The monoisotopic (exact) mass is 388 g/mol. The highest BCUT2D eigenvalue weighted by atomic mass is 32.1. The van der Waals surface area contributed by atoms with Gasteiger partial charge in [-0.25, -0.2) is 0 Å². The van der Waals surface area contributed by atoms with Crippen LogP contribution in [0.3, 0.4) is 0 Å². The van der Waals surface area contributed by atoms with Crippen molar-refractivity contribution in [3.8, 4) is 16.9 Å². The Balaban J connectivity index is 1.66. The van der Waals surface area contributed by atoms with Crippen LogP contribution in [0.1, 0.15) is 28.4 Å². The molecule has 0 saturated carbocycles. The highest BCUT2D eigenvalue weighted by Gasteiger charge is 2.29. The summed E-state index contributed by atoms with van der Waals surface area (Å²) in [7, 11) is 1.66. The van der Waals surface area contributed by atoms with E-state index in [1.54, 1.807) is 7.11 Å². The van der Waals surface area contributed by atoms with Crippen LogP contribution < -0.4 is 10.1 Å².